The van der Waals surface area contributed by atoms with Crippen LogP contribution in [0.4, 0.5) is 0 Å². The van der Waals surface area contributed by atoms with Gasteiger partial charge in [0.1, 0.15) is 0 Å². The number of oxazole rings is 1. The van der Waals surface area contributed by atoms with Crippen molar-refractivity contribution in [2.24, 2.45) is 7.05 Å². The first kappa shape index (κ1) is 15.7. The highest BCUT2D eigenvalue weighted by atomic mass is 16.5. The molecule has 1 saturated carbocycles. The standard InChI is InChI=1S/C18H21N5O3/c1-10-14(25-16(20-10)11-5-6-11)18-22-21-17(26-18)13-4-3-7-24-15(13)12-8-19-23(2)9-12/h8-9,11,13,15H,3-7H2,1-2H3/t13-,15+/m1/s1. The minimum atomic E-state index is -0.122. The fourth-order valence-electron chi connectivity index (χ4n) is 3.55. The third-order valence-electron chi connectivity index (χ3n) is 5.07. The van der Waals surface area contributed by atoms with Crippen molar-refractivity contribution in [1.82, 2.24) is 25.0 Å². The monoisotopic (exact) mass is 355 g/mol. The van der Waals surface area contributed by atoms with E-state index >= 15 is 0 Å². The first-order valence-electron chi connectivity index (χ1n) is 9.10. The van der Waals surface area contributed by atoms with Gasteiger partial charge < -0.3 is 13.6 Å². The van der Waals surface area contributed by atoms with Gasteiger partial charge in [-0.05, 0) is 32.6 Å². The summed E-state index contributed by atoms with van der Waals surface area (Å²) in [5.74, 6) is 2.81. The molecule has 3 aromatic heterocycles. The zero-order valence-electron chi connectivity index (χ0n) is 14.9. The molecule has 2 aliphatic rings. The third-order valence-corrected chi connectivity index (χ3v) is 5.07. The van der Waals surface area contributed by atoms with Crippen LogP contribution < -0.4 is 0 Å². The van der Waals surface area contributed by atoms with Gasteiger partial charge in [-0.25, -0.2) is 4.98 Å². The molecule has 0 N–H and O–H groups in total. The molecule has 8 nitrogen and oxygen atoms in total. The molecule has 1 aliphatic heterocycles. The molecule has 0 spiro atoms. The van der Waals surface area contributed by atoms with Gasteiger partial charge in [-0.15, -0.1) is 10.2 Å². The van der Waals surface area contributed by atoms with E-state index in [0.29, 0.717) is 23.5 Å². The molecule has 26 heavy (non-hydrogen) atoms. The molecule has 5 rings (SSSR count). The van der Waals surface area contributed by atoms with E-state index < -0.39 is 0 Å². The van der Waals surface area contributed by atoms with Gasteiger partial charge in [0.25, 0.3) is 5.89 Å². The highest BCUT2D eigenvalue weighted by Gasteiger charge is 2.35. The van der Waals surface area contributed by atoms with E-state index in [0.717, 1.165) is 49.4 Å². The average Bonchev–Trinajstić information content (AvgIpc) is 3.04. The largest absolute Gasteiger partial charge is 0.435 e. The lowest BCUT2D eigenvalue weighted by Crippen LogP contribution is -2.21. The van der Waals surface area contributed by atoms with Crippen LogP contribution in [0.25, 0.3) is 11.7 Å². The van der Waals surface area contributed by atoms with E-state index in [1.807, 2.05) is 26.4 Å². The van der Waals surface area contributed by atoms with E-state index in [1.54, 1.807) is 4.68 Å². The lowest BCUT2D eigenvalue weighted by atomic mass is 9.91. The second-order valence-corrected chi connectivity index (χ2v) is 7.17. The van der Waals surface area contributed by atoms with Crippen LogP contribution in [0.2, 0.25) is 0 Å². The molecular weight excluding hydrogens is 334 g/mol. The smallest absolute Gasteiger partial charge is 0.285 e. The zero-order valence-corrected chi connectivity index (χ0v) is 14.9. The quantitative estimate of drug-likeness (QED) is 0.709. The van der Waals surface area contributed by atoms with E-state index in [9.17, 15) is 0 Å². The molecular formula is C18H21N5O3. The number of rotatable bonds is 4. The fraction of sp³-hybridized carbons (Fsp3) is 0.556. The minimum Gasteiger partial charge on any atom is -0.435 e. The van der Waals surface area contributed by atoms with Gasteiger partial charge >= 0.3 is 0 Å². The first-order chi connectivity index (χ1) is 12.7. The molecule has 0 radical (unpaired) electrons. The second-order valence-electron chi connectivity index (χ2n) is 7.17. The summed E-state index contributed by atoms with van der Waals surface area (Å²) in [6.45, 7) is 2.64. The van der Waals surface area contributed by atoms with E-state index in [2.05, 4.69) is 20.3 Å². The van der Waals surface area contributed by atoms with Gasteiger partial charge in [0, 0.05) is 31.3 Å². The van der Waals surface area contributed by atoms with Crippen molar-refractivity contribution in [2.75, 3.05) is 6.61 Å². The van der Waals surface area contributed by atoms with Crippen molar-refractivity contribution in [2.45, 2.75) is 50.5 Å². The van der Waals surface area contributed by atoms with Crippen molar-refractivity contribution >= 4 is 0 Å². The molecule has 1 aliphatic carbocycles. The van der Waals surface area contributed by atoms with E-state index in [-0.39, 0.29) is 12.0 Å². The Balaban J connectivity index is 1.44. The van der Waals surface area contributed by atoms with E-state index in [1.165, 1.54) is 0 Å². The Bertz CT molecular complexity index is 923. The Morgan fingerprint density at radius 3 is 2.77 bits per heavy atom. The van der Waals surface area contributed by atoms with Gasteiger partial charge in [-0.3, -0.25) is 4.68 Å². The molecule has 8 heteroatoms. The molecule has 136 valence electrons. The van der Waals surface area contributed by atoms with Gasteiger partial charge in [0.15, 0.2) is 5.89 Å². The fourth-order valence-corrected chi connectivity index (χ4v) is 3.55. The van der Waals surface area contributed by atoms with Crippen LogP contribution in [-0.2, 0) is 11.8 Å². The van der Waals surface area contributed by atoms with Gasteiger partial charge in [-0.2, -0.15) is 5.10 Å². The van der Waals surface area contributed by atoms with Crippen LogP contribution >= 0.6 is 0 Å². The van der Waals surface area contributed by atoms with Gasteiger partial charge in [0.05, 0.1) is 23.9 Å². The molecule has 0 unspecified atom stereocenters. The van der Waals surface area contributed by atoms with Crippen LogP contribution in [0.5, 0.6) is 0 Å². The minimum absolute atomic E-state index is 0.0142. The molecule has 2 fully saturated rings. The Morgan fingerprint density at radius 2 is 2.00 bits per heavy atom. The molecule has 4 heterocycles. The Morgan fingerprint density at radius 1 is 1.12 bits per heavy atom. The summed E-state index contributed by atoms with van der Waals surface area (Å²) in [6.07, 6.45) is 7.87. The maximum atomic E-state index is 6.01. The summed E-state index contributed by atoms with van der Waals surface area (Å²) in [5, 5.41) is 12.8. The molecule has 2 atom stereocenters. The molecule has 0 amide bonds. The summed E-state index contributed by atoms with van der Waals surface area (Å²) in [6, 6.07) is 0. The number of hydrogen-bond donors (Lipinski definition) is 0. The molecule has 0 bridgehead atoms. The van der Waals surface area contributed by atoms with Crippen LogP contribution in [0, 0.1) is 6.92 Å². The maximum absolute atomic E-state index is 6.01. The van der Waals surface area contributed by atoms with Crippen molar-refractivity contribution in [1.29, 1.82) is 0 Å². The van der Waals surface area contributed by atoms with Crippen molar-refractivity contribution < 1.29 is 13.6 Å². The van der Waals surface area contributed by atoms with Crippen LogP contribution in [0.1, 0.15) is 66.7 Å². The zero-order chi connectivity index (χ0) is 17.7. The number of ether oxygens (including phenoxy) is 1. The number of aryl methyl sites for hydroxylation is 2. The Labute approximate surface area is 150 Å². The van der Waals surface area contributed by atoms with E-state index in [4.69, 9.17) is 13.6 Å². The number of aromatic nitrogens is 5. The predicted molar refractivity (Wildman–Crippen MR) is 90.4 cm³/mol. The van der Waals surface area contributed by atoms with Gasteiger partial charge in [-0.1, -0.05) is 0 Å². The average molecular weight is 355 g/mol. The molecule has 3 aromatic rings. The third kappa shape index (κ3) is 2.74. The lowest BCUT2D eigenvalue weighted by Gasteiger charge is -2.28. The predicted octanol–water partition coefficient (Wildman–Crippen LogP) is 3.28. The highest BCUT2D eigenvalue weighted by Crippen LogP contribution is 2.43. The summed E-state index contributed by atoms with van der Waals surface area (Å²) in [7, 11) is 1.90. The molecule has 1 saturated heterocycles. The number of nitrogens with zero attached hydrogens (tertiary/aromatic N) is 5. The summed E-state index contributed by atoms with van der Waals surface area (Å²) in [4.78, 5) is 4.51. The second kappa shape index (κ2) is 6.05. The SMILES string of the molecule is Cc1nc(C2CC2)oc1-c1nnc([C@@H]2CCCO[C@H]2c2cnn(C)c2)o1. The summed E-state index contributed by atoms with van der Waals surface area (Å²) in [5.41, 5.74) is 1.83. The van der Waals surface area contributed by atoms with Gasteiger partial charge in [0.2, 0.25) is 11.7 Å². The van der Waals surface area contributed by atoms with Crippen LogP contribution in [0.3, 0.4) is 0 Å². The molecule has 0 aromatic carbocycles. The summed E-state index contributed by atoms with van der Waals surface area (Å²) >= 11 is 0. The normalized spacial score (nSPS) is 23.5. The Hall–Kier alpha value is -2.48. The van der Waals surface area contributed by atoms with Crippen molar-refractivity contribution in [3.63, 3.8) is 0 Å². The highest BCUT2D eigenvalue weighted by molar-refractivity contribution is 5.47. The van der Waals surface area contributed by atoms with Crippen molar-refractivity contribution in [3.8, 4) is 11.7 Å². The Kier molecular flexibility index (Phi) is 3.66. The van der Waals surface area contributed by atoms with Crippen LogP contribution in [-0.4, -0.2) is 31.6 Å². The maximum Gasteiger partial charge on any atom is 0.285 e. The summed E-state index contributed by atoms with van der Waals surface area (Å²) < 4.78 is 19.7. The lowest BCUT2D eigenvalue weighted by molar-refractivity contribution is -0.00893. The first-order valence-corrected chi connectivity index (χ1v) is 9.10. The topological polar surface area (TPSA) is 92.0 Å². The van der Waals surface area contributed by atoms with Crippen molar-refractivity contribution in [3.05, 3.63) is 35.4 Å². The number of hydrogen-bond acceptors (Lipinski definition) is 7. The van der Waals surface area contributed by atoms with Crippen LogP contribution in [0.15, 0.2) is 21.2 Å².